The molecule has 0 radical (unpaired) electrons. The maximum atomic E-state index is 10.8. The van der Waals surface area contributed by atoms with E-state index >= 15 is 0 Å². The van der Waals surface area contributed by atoms with Gasteiger partial charge in [-0.25, -0.2) is 4.79 Å². The lowest BCUT2D eigenvalue weighted by Gasteiger charge is -2.13. The summed E-state index contributed by atoms with van der Waals surface area (Å²) in [4.78, 5) is 10.8. The molecular formula is C10H12O4. The van der Waals surface area contributed by atoms with Crippen LogP contribution in [0.25, 0.3) is 0 Å². The highest BCUT2D eigenvalue weighted by Crippen LogP contribution is 2.26. The van der Waals surface area contributed by atoms with Crippen LogP contribution < -0.4 is 4.74 Å². The van der Waals surface area contributed by atoms with Crippen molar-refractivity contribution in [1.29, 1.82) is 0 Å². The quantitative estimate of drug-likeness (QED) is 0.792. The molecule has 1 aromatic carbocycles. The molecule has 0 saturated heterocycles. The Labute approximate surface area is 82.1 Å². The number of ether oxygens (including phenoxy) is 2. The van der Waals surface area contributed by atoms with E-state index in [0.717, 1.165) is 0 Å². The molecule has 1 rings (SSSR count). The number of methoxy groups -OCH3 is 2. The maximum Gasteiger partial charge on any atom is 0.337 e. The molecule has 1 aromatic rings. The SMILES string of the molecule is COc1ccccc1[C@@H](OC)C(=O)O. The van der Waals surface area contributed by atoms with Gasteiger partial charge in [-0.15, -0.1) is 0 Å². The maximum absolute atomic E-state index is 10.8. The third-order valence-corrected chi connectivity index (χ3v) is 1.88. The molecule has 14 heavy (non-hydrogen) atoms. The zero-order chi connectivity index (χ0) is 10.6. The molecule has 0 bridgehead atoms. The molecule has 0 saturated carbocycles. The van der Waals surface area contributed by atoms with Gasteiger partial charge >= 0.3 is 5.97 Å². The van der Waals surface area contributed by atoms with Gasteiger partial charge in [-0.05, 0) is 6.07 Å². The van der Waals surface area contributed by atoms with Crippen LogP contribution in [0.2, 0.25) is 0 Å². The van der Waals surface area contributed by atoms with E-state index in [2.05, 4.69) is 0 Å². The van der Waals surface area contributed by atoms with Crippen molar-refractivity contribution in [3.8, 4) is 5.75 Å². The fourth-order valence-corrected chi connectivity index (χ4v) is 1.24. The minimum Gasteiger partial charge on any atom is -0.496 e. The Hall–Kier alpha value is -1.55. The summed E-state index contributed by atoms with van der Waals surface area (Å²) in [5.41, 5.74) is 0.519. The van der Waals surface area contributed by atoms with E-state index in [-0.39, 0.29) is 0 Å². The normalized spacial score (nSPS) is 12.1. The molecule has 4 heteroatoms. The van der Waals surface area contributed by atoms with Gasteiger partial charge in [0.15, 0.2) is 6.10 Å². The highest BCUT2D eigenvalue weighted by molar-refractivity contribution is 5.75. The van der Waals surface area contributed by atoms with Crippen LogP contribution >= 0.6 is 0 Å². The fraction of sp³-hybridized carbons (Fsp3) is 0.300. The van der Waals surface area contributed by atoms with Crippen molar-refractivity contribution in [2.75, 3.05) is 14.2 Å². The Balaban J connectivity index is 3.08. The summed E-state index contributed by atoms with van der Waals surface area (Å²) in [7, 11) is 2.85. The Bertz CT molecular complexity index is 322. The molecule has 4 nitrogen and oxygen atoms in total. The smallest absolute Gasteiger partial charge is 0.337 e. The van der Waals surface area contributed by atoms with Crippen LogP contribution in [-0.2, 0) is 9.53 Å². The monoisotopic (exact) mass is 196 g/mol. The zero-order valence-corrected chi connectivity index (χ0v) is 8.06. The number of hydrogen-bond donors (Lipinski definition) is 1. The van der Waals surface area contributed by atoms with Gasteiger partial charge in [0.2, 0.25) is 0 Å². The Morgan fingerprint density at radius 3 is 2.50 bits per heavy atom. The minimum absolute atomic E-state index is 0.516. The number of rotatable bonds is 4. The minimum atomic E-state index is -1.03. The van der Waals surface area contributed by atoms with E-state index in [1.165, 1.54) is 14.2 Å². The Morgan fingerprint density at radius 2 is 2.00 bits per heavy atom. The van der Waals surface area contributed by atoms with E-state index in [9.17, 15) is 4.79 Å². The molecule has 0 aliphatic rings. The van der Waals surface area contributed by atoms with Crippen LogP contribution in [0.5, 0.6) is 5.75 Å². The summed E-state index contributed by atoms with van der Waals surface area (Å²) >= 11 is 0. The predicted molar refractivity (Wildman–Crippen MR) is 50.4 cm³/mol. The van der Waals surface area contributed by atoms with Gasteiger partial charge in [-0.3, -0.25) is 0 Å². The fourth-order valence-electron chi connectivity index (χ4n) is 1.24. The number of carboxylic acid groups (broad SMARTS) is 1. The van der Waals surface area contributed by atoms with E-state index in [1.807, 2.05) is 0 Å². The number of benzene rings is 1. The molecule has 0 fully saturated rings. The Kier molecular flexibility index (Phi) is 3.48. The highest BCUT2D eigenvalue weighted by atomic mass is 16.5. The first-order chi connectivity index (χ1) is 6.70. The summed E-state index contributed by atoms with van der Waals surface area (Å²) in [6, 6.07) is 6.88. The first kappa shape index (κ1) is 10.5. The van der Waals surface area contributed by atoms with Crippen LogP contribution in [-0.4, -0.2) is 25.3 Å². The second-order valence-electron chi connectivity index (χ2n) is 2.70. The summed E-state index contributed by atoms with van der Waals surface area (Å²) in [6.45, 7) is 0. The van der Waals surface area contributed by atoms with E-state index in [0.29, 0.717) is 11.3 Å². The van der Waals surface area contributed by atoms with Crippen LogP contribution in [0.4, 0.5) is 0 Å². The lowest BCUT2D eigenvalue weighted by Crippen LogP contribution is -2.14. The average Bonchev–Trinajstić information content (AvgIpc) is 2.19. The van der Waals surface area contributed by atoms with E-state index in [4.69, 9.17) is 14.6 Å². The first-order valence-corrected chi connectivity index (χ1v) is 4.09. The standard InChI is InChI=1S/C10H12O4/c1-13-8-6-4-3-5-7(8)9(14-2)10(11)12/h3-6,9H,1-2H3,(H,11,12)/t9-/m1/s1. The lowest BCUT2D eigenvalue weighted by molar-refractivity contribution is -0.149. The van der Waals surface area contributed by atoms with Crippen LogP contribution in [0, 0.1) is 0 Å². The summed E-state index contributed by atoms with van der Waals surface area (Å²) < 4.78 is 9.90. The molecule has 0 amide bonds. The highest BCUT2D eigenvalue weighted by Gasteiger charge is 2.22. The lowest BCUT2D eigenvalue weighted by atomic mass is 10.1. The number of carbonyl (C=O) groups is 1. The van der Waals surface area contributed by atoms with Crippen molar-refractivity contribution in [2.24, 2.45) is 0 Å². The predicted octanol–water partition coefficient (Wildman–Crippen LogP) is 1.47. The molecule has 0 aliphatic carbocycles. The van der Waals surface area contributed by atoms with Gasteiger partial charge in [-0.2, -0.15) is 0 Å². The third-order valence-electron chi connectivity index (χ3n) is 1.88. The van der Waals surface area contributed by atoms with Crippen molar-refractivity contribution in [3.63, 3.8) is 0 Å². The van der Waals surface area contributed by atoms with Crippen molar-refractivity contribution in [2.45, 2.75) is 6.10 Å². The second-order valence-corrected chi connectivity index (χ2v) is 2.70. The van der Waals surface area contributed by atoms with Crippen LogP contribution in [0.15, 0.2) is 24.3 Å². The molecule has 0 aromatic heterocycles. The van der Waals surface area contributed by atoms with Crippen LogP contribution in [0.1, 0.15) is 11.7 Å². The van der Waals surface area contributed by atoms with Gasteiger partial charge in [0, 0.05) is 12.7 Å². The van der Waals surface area contributed by atoms with Gasteiger partial charge in [0.05, 0.1) is 7.11 Å². The zero-order valence-electron chi connectivity index (χ0n) is 8.06. The number of aliphatic carboxylic acids is 1. The summed E-state index contributed by atoms with van der Waals surface area (Å²) in [5.74, 6) is -0.515. The molecule has 0 unspecified atom stereocenters. The first-order valence-electron chi connectivity index (χ1n) is 4.09. The largest absolute Gasteiger partial charge is 0.496 e. The summed E-state index contributed by atoms with van der Waals surface area (Å²) in [5, 5.41) is 8.87. The molecule has 1 atom stereocenters. The van der Waals surface area contributed by atoms with Gasteiger partial charge in [0.1, 0.15) is 5.75 Å². The Morgan fingerprint density at radius 1 is 1.36 bits per heavy atom. The average molecular weight is 196 g/mol. The van der Waals surface area contributed by atoms with Crippen molar-refractivity contribution in [3.05, 3.63) is 29.8 Å². The number of para-hydroxylation sites is 1. The van der Waals surface area contributed by atoms with Crippen LogP contribution in [0.3, 0.4) is 0 Å². The second kappa shape index (κ2) is 4.62. The molecule has 0 heterocycles. The van der Waals surface area contributed by atoms with Gasteiger partial charge in [0.25, 0.3) is 0 Å². The molecule has 0 spiro atoms. The number of carboxylic acids is 1. The molecule has 1 N–H and O–H groups in total. The van der Waals surface area contributed by atoms with Crippen molar-refractivity contribution < 1.29 is 19.4 Å². The summed E-state index contributed by atoms with van der Waals surface area (Å²) in [6.07, 6.45) is -0.980. The van der Waals surface area contributed by atoms with Gasteiger partial charge < -0.3 is 14.6 Å². The molecule has 0 aliphatic heterocycles. The third kappa shape index (κ3) is 2.03. The van der Waals surface area contributed by atoms with Gasteiger partial charge in [-0.1, -0.05) is 18.2 Å². The van der Waals surface area contributed by atoms with Crippen molar-refractivity contribution in [1.82, 2.24) is 0 Å². The number of hydrogen-bond acceptors (Lipinski definition) is 3. The molecular weight excluding hydrogens is 184 g/mol. The topological polar surface area (TPSA) is 55.8 Å². The van der Waals surface area contributed by atoms with Crippen molar-refractivity contribution >= 4 is 5.97 Å². The van der Waals surface area contributed by atoms with E-state index in [1.54, 1.807) is 24.3 Å². The molecule has 76 valence electrons. The van der Waals surface area contributed by atoms with E-state index < -0.39 is 12.1 Å².